The Morgan fingerprint density at radius 3 is 2.82 bits per heavy atom. The predicted octanol–water partition coefficient (Wildman–Crippen LogP) is 1.57. The third kappa shape index (κ3) is 1.79. The van der Waals surface area contributed by atoms with Gasteiger partial charge in [0, 0.05) is 18.9 Å². The molecule has 3 rings (SSSR count). The molecule has 1 atom stereocenters. The number of Topliss-reactive ketones (excluding diaryl/α,β-unsaturated/α-hetero) is 1. The van der Waals surface area contributed by atoms with Gasteiger partial charge in [-0.15, -0.1) is 0 Å². The number of carbonyl (C=O) groups excluding carboxylic acids is 2. The van der Waals surface area contributed by atoms with Crippen molar-refractivity contribution in [3.05, 3.63) is 24.3 Å². The number of nitrogens with one attached hydrogen (secondary N) is 1. The van der Waals surface area contributed by atoms with Crippen molar-refractivity contribution in [2.75, 3.05) is 16.8 Å². The number of rotatable bonds is 1. The van der Waals surface area contributed by atoms with Crippen molar-refractivity contribution in [3.63, 3.8) is 0 Å². The standard InChI is InChI=1S/C13H14N2O2/c16-10-6-5-9(7-10)15-8-13(17)14-11-3-1-2-4-12(11)15/h1-4,9H,5-8H2,(H,14,17). The van der Waals surface area contributed by atoms with Crippen molar-refractivity contribution in [1.82, 2.24) is 0 Å². The maximum atomic E-state index is 11.6. The average Bonchev–Trinajstić information content (AvgIpc) is 2.74. The monoisotopic (exact) mass is 230 g/mol. The molecular weight excluding hydrogens is 216 g/mol. The van der Waals surface area contributed by atoms with Crippen LogP contribution in [0.3, 0.4) is 0 Å². The third-order valence-corrected chi connectivity index (χ3v) is 3.46. The molecule has 0 bridgehead atoms. The molecule has 1 heterocycles. The summed E-state index contributed by atoms with van der Waals surface area (Å²) in [6.07, 6.45) is 2.08. The molecule has 1 N–H and O–H groups in total. The zero-order valence-electron chi connectivity index (χ0n) is 9.48. The maximum Gasteiger partial charge on any atom is 0.243 e. The lowest BCUT2D eigenvalue weighted by Crippen LogP contribution is -2.43. The molecule has 0 aromatic heterocycles. The highest BCUT2D eigenvalue weighted by molar-refractivity contribution is 6.01. The molecule has 1 saturated carbocycles. The number of ketones is 1. The summed E-state index contributed by atoms with van der Waals surface area (Å²) in [5.41, 5.74) is 1.88. The van der Waals surface area contributed by atoms with Crippen LogP contribution in [0.2, 0.25) is 0 Å². The lowest BCUT2D eigenvalue weighted by atomic mass is 10.1. The minimum Gasteiger partial charge on any atom is -0.357 e. The molecule has 1 aliphatic heterocycles. The van der Waals surface area contributed by atoms with E-state index in [4.69, 9.17) is 0 Å². The highest BCUT2D eigenvalue weighted by Gasteiger charge is 2.32. The second kappa shape index (κ2) is 3.87. The van der Waals surface area contributed by atoms with Crippen molar-refractivity contribution in [2.24, 2.45) is 0 Å². The zero-order chi connectivity index (χ0) is 11.8. The van der Waals surface area contributed by atoms with E-state index in [0.717, 1.165) is 17.8 Å². The normalized spacial score (nSPS) is 23.5. The van der Waals surface area contributed by atoms with Crippen LogP contribution in [0.4, 0.5) is 11.4 Å². The Morgan fingerprint density at radius 1 is 1.24 bits per heavy atom. The number of benzene rings is 1. The van der Waals surface area contributed by atoms with Gasteiger partial charge < -0.3 is 10.2 Å². The Labute approximate surface area is 99.6 Å². The van der Waals surface area contributed by atoms with E-state index in [1.165, 1.54) is 0 Å². The van der Waals surface area contributed by atoms with E-state index in [-0.39, 0.29) is 11.9 Å². The van der Waals surface area contributed by atoms with Gasteiger partial charge in [-0.25, -0.2) is 0 Å². The van der Waals surface area contributed by atoms with Crippen LogP contribution in [-0.4, -0.2) is 24.3 Å². The van der Waals surface area contributed by atoms with Crippen LogP contribution < -0.4 is 10.2 Å². The third-order valence-electron chi connectivity index (χ3n) is 3.46. The van der Waals surface area contributed by atoms with E-state index in [1.54, 1.807) is 0 Å². The Morgan fingerprint density at radius 2 is 2.06 bits per heavy atom. The number of para-hydroxylation sites is 2. The first-order chi connectivity index (χ1) is 8.24. The molecule has 2 aliphatic rings. The van der Waals surface area contributed by atoms with Gasteiger partial charge in [-0.2, -0.15) is 0 Å². The number of anilines is 2. The zero-order valence-corrected chi connectivity index (χ0v) is 9.48. The van der Waals surface area contributed by atoms with Crippen molar-refractivity contribution < 1.29 is 9.59 Å². The first-order valence-corrected chi connectivity index (χ1v) is 5.91. The topological polar surface area (TPSA) is 49.4 Å². The molecule has 88 valence electrons. The summed E-state index contributed by atoms with van der Waals surface area (Å²) in [5.74, 6) is 0.307. The molecule has 0 radical (unpaired) electrons. The Hall–Kier alpha value is -1.84. The van der Waals surface area contributed by atoms with Crippen LogP contribution in [0.25, 0.3) is 0 Å². The minimum absolute atomic E-state index is 0.00282. The number of nitrogens with zero attached hydrogens (tertiary/aromatic N) is 1. The molecule has 1 amide bonds. The molecule has 1 unspecified atom stereocenters. The highest BCUT2D eigenvalue weighted by Crippen LogP contribution is 2.34. The molecule has 0 spiro atoms. The van der Waals surface area contributed by atoms with E-state index in [2.05, 4.69) is 10.2 Å². The molecule has 1 aromatic rings. The van der Waals surface area contributed by atoms with Crippen molar-refractivity contribution in [3.8, 4) is 0 Å². The minimum atomic E-state index is 0.00282. The number of carbonyl (C=O) groups is 2. The molecular formula is C13H14N2O2. The van der Waals surface area contributed by atoms with Crippen molar-refractivity contribution >= 4 is 23.1 Å². The van der Waals surface area contributed by atoms with Gasteiger partial charge in [-0.1, -0.05) is 12.1 Å². The largest absolute Gasteiger partial charge is 0.357 e. The van der Waals surface area contributed by atoms with Gasteiger partial charge >= 0.3 is 0 Å². The lowest BCUT2D eigenvalue weighted by molar-refractivity contribution is -0.118. The summed E-state index contributed by atoms with van der Waals surface area (Å²) in [6.45, 7) is 0.356. The highest BCUT2D eigenvalue weighted by atomic mass is 16.2. The van der Waals surface area contributed by atoms with Crippen molar-refractivity contribution in [1.29, 1.82) is 0 Å². The molecule has 1 aromatic carbocycles. The molecule has 4 nitrogen and oxygen atoms in total. The maximum absolute atomic E-state index is 11.6. The van der Waals surface area contributed by atoms with E-state index < -0.39 is 0 Å². The van der Waals surface area contributed by atoms with Crippen LogP contribution in [0.5, 0.6) is 0 Å². The van der Waals surface area contributed by atoms with E-state index in [0.29, 0.717) is 25.2 Å². The number of fused-ring (bicyclic) bond motifs is 1. The van der Waals surface area contributed by atoms with Gasteiger partial charge in [0.1, 0.15) is 5.78 Å². The fourth-order valence-corrected chi connectivity index (χ4v) is 2.65. The van der Waals surface area contributed by atoms with Gasteiger partial charge in [0.05, 0.1) is 17.9 Å². The van der Waals surface area contributed by atoms with Crippen LogP contribution in [0.15, 0.2) is 24.3 Å². The van der Waals surface area contributed by atoms with Gasteiger partial charge in [0.25, 0.3) is 0 Å². The van der Waals surface area contributed by atoms with E-state index in [1.807, 2.05) is 24.3 Å². The first-order valence-electron chi connectivity index (χ1n) is 5.91. The quantitative estimate of drug-likeness (QED) is 0.796. The summed E-state index contributed by atoms with van der Waals surface area (Å²) in [6, 6.07) is 7.95. The SMILES string of the molecule is O=C1CCC(N2CC(=O)Nc3ccccc32)C1. The molecule has 0 saturated heterocycles. The summed E-state index contributed by atoms with van der Waals surface area (Å²) in [5, 5.41) is 2.86. The fourth-order valence-electron chi connectivity index (χ4n) is 2.65. The number of amides is 1. The van der Waals surface area contributed by atoms with Crippen LogP contribution in [-0.2, 0) is 9.59 Å². The molecule has 1 fully saturated rings. The predicted molar refractivity (Wildman–Crippen MR) is 65.1 cm³/mol. The summed E-state index contributed by atoms with van der Waals surface area (Å²) >= 11 is 0. The number of hydrogen-bond acceptors (Lipinski definition) is 3. The Balaban J connectivity index is 1.95. The Kier molecular flexibility index (Phi) is 2.35. The second-order valence-electron chi connectivity index (χ2n) is 4.63. The first kappa shape index (κ1) is 10.3. The van der Waals surface area contributed by atoms with Gasteiger partial charge in [0.15, 0.2) is 0 Å². The molecule has 17 heavy (non-hydrogen) atoms. The number of hydrogen-bond donors (Lipinski definition) is 1. The second-order valence-corrected chi connectivity index (χ2v) is 4.63. The molecule has 1 aliphatic carbocycles. The lowest BCUT2D eigenvalue weighted by Gasteiger charge is -2.35. The smallest absolute Gasteiger partial charge is 0.243 e. The van der Waals surface area contributed by atoms with Gasteiger partial charge in [-0.05, 0) is 18.6 Å². The van der Waals surface area contributed by atoms with Crippen LogP contribution in [0, 0.1) is 0 Å². The Bertz CT molecular complexity index is 484. The van der Waals surface area contributed by atoms with E-state index in [9.17, 15) is 9.59 Å². The summed E-state index contributed by atoms with van der Waals surface area (Å²) < 4.78 is 0. The fraction of sp³-hybridized carbons (Fsp3) is 0.385. The van der Waals surface area contributed by atoms with E-state index >= 15 is 0 Å². The van der Waals surface area contributed by atoms with Crippen LogP contribution in [0.1, 0.15) is 19.3 Å². The average molecular weight is 230 g/mol. The van der Waals surface area contributed by atoms with Crippen LogP contribution >= 0.6 is 0 Å². The molecule has 4 heteroatoms. The summed E-state index contributed by atoms with van der Waals surface area (Å²) in [4.78, 5) is 25.1. The van der Waals surface area contributed by atoms with Crippen molar-refractivity contribution in [2.45, 2.75) is 25.3 Å². The van der Waals surface area contributed by atoms with Gasteiger partial charge in [0.2, 0.25) is 5.91 Å². The summed E-state index contributed by atoms with van der Waals surface area (Å²) in [7, 11) is 0. The van der Waals surface area contributed by atoms with Gasteiger partial charge in [-0.3, -0.25) is 9.59 Å².